The molecule has 0 saturated heterocycles. The molecule has 3 nitrogen and oxygen atoms in total. The van der Waals surface area contributed by atoms with Crippen molar-refractivity contribution in [2.75, 3.05) is 21.2 Å². The summed E-state index contributed by atoms with van der Waals surface area (Å²) in [7, 11) is 5.29. The fourth-order valence-corrected chi connectivity index (χ4v) is 0.953. The van der Waals surface area contributed by atoms with E-state index in [1.54, 1.807) is 18.1 Å². The normalized spacial score (nSPS) is 9.36. The van der Waals surface area contributed by atoms with Crippen LogP contribution in [0.4, 0.5) is 0 Å². The van der Waals surface area contributed by atoms with Gasteiger partial charge in [0.25, 0.3) is 5.17 Å². The third kappa shape index (κ3) is 2.88. The van der Waals surface area contributed by atoms with Crippen LogP contribution in [-0.4, -0.2) is 31.3 Å². The Morgan fingerprint density at radius 3 is 2.50 bits per heavy atom. The third-order valence-electron chi connectivity index (χ3n) is 1.61. The van der Waals surface area contributed by atoms with E-state index in [0.717, 1.165) is 5.75 Å². The molecule has 0 fully saturated rings. The van der Waals surface area contributed by atoms with Crippen LogP contribution in [0.2, 0.25) is 0 Å². The molecule has 0 aromatic heterocycles. The predicted octanol–water partition coefficient (Wildman–Crippen LogP) is 1.92. The molecular formula is C10H13NO2S. The van der Waals surface area contributed by atoms with Crippen molar-refractivity contribution in [3.63, 3.8) is 0 Å². The van der Waals surface area contributed by atoms with Crippen LogP contribution in [0.15, 0.2) is 24.3 Å². The van der Waals surface area contributed by atoms with Crippen molar-refractivity contribution < 1.29 is 9.47 Å². The Hall–Kier alpha value is -1.29. The summed E-state index contributed by atoms with van der Waals surface area (Å²) in [5, 5.41) is 0.429. The van der Waals surface area contributed by atoms with Crippen LogP contribution in [0.1, 0.15) is 0 Å². The van der Waals surface area contributed by atoms with Crippen LogP contribution in [0.25, 0.3) is 0 Å². The quantitative estimate of drug-likeness (QED) is 0.697. The first kappa shape index (κ1) is 10.8. The molecule has 1 aromatic carbocycles. The second-order valence-corrected chi connectivity index (χ2v) is 3.29. The topological polar surface area (TPSA) is 21.7 Å². The second-order valence-electron chi connectivity index (χ2n) is 2.94. The Balaban J connectivity index is 2.72. The Morgan fingerprint density at radius 2 is 1.93 bits per heavy atom. The van der Waals surface area contributed by atoms with Crippen molar-refractivity contribution in [2.45, 2.75) is 0 Å². The molecule has 0 bridgehead atoms. The number of hydrogen-bond acceptors (Lipinski definition) is 3. The second kappa shape index (κ2) is 4.81. The fraction of sp³-hybridized carbons (Fsp3) is 0.300. The van der Waals surface area contributed by atoms with Gasteiger partial charge in [-0.05, 0) is 24.4 Å². The maximum Gasteiger partial charge on any atom is 0.264 e. The third-order valence-corrected chi connectivity index (χ3v) is 2.06. The van der Waals surface area contributed by atoms with Gasteiger partial charge in [0.15, 0.2) is 0 Å². The van der Waals surface area contributed by atoms with E-state index >= 15 is 0 Å². The molecule has 0 amide bonds. The SMILES string of the molecule is COc1cccc(OC(=S)N(C)C)c1. The molecule has 0 saturated carbocycles. The van der Waals surface area contributed by atoms with Crippen LogP contribution in [0, 0.1) is 0 Å². The highest BCUT2D eigenvalue weighted by Crippen LogP contribution is 2.19. The summed E-state index contributed by atoms with van der Waals surface area (Å²) in [5.74, 6) is 1.44. The Bertz CT molecular complexity index is 326. The summed E-state index contributed by atoms with van der Waals surface area (Å²) >= 11 is 5.00. The van der Waals surface area contributed by atoms with Gasteiger partial charge in [-0.3, -0.25) is 0 Å². The average molecular weight is 211 g/mol. The van der Waals surface area contributed by atoms with Crippen molar-refractivity contribution >= 4 is 17.4 Å². The van der Waals surface area contributed by atoms with Gasteiger partial charge in [0.1, 0.15) is 11.5 Å². The highest BCUT2D eigenvalue weighted by atomic mass is 32.1. The van der Waals surface area contributed by atoms with Crippen LogP contribution in [0.5, 0.6) is 11.5 Å². The van der Waals surface area contributed by atoms with Crippen molar-refractivity contribution in [1.29, 1.82) is 0 Å². The van der Waals surface area contributed by atoms with Crippen molar-refractivity contribution in [3.8, 4) is 11.5 Å². The van der Waals surface area contributed by atoms with Gasteiger partial charge < -0.3 is 14.4 Å². The zero-order valence-electron chi connectivity index (χ0n) is 8.48. The first-order valence-corrected chi connectivity index (χ1v) is 4.57. The zero-order valence-corrected chi connectivity index (χ0v) is 9.30. The molecule has 0 aliphatic carbocycles. The summed E-state index contributed by atoms with van der Waals surface area (Å²) in [4.78, 5) is 1.73. The summed E-state index contributed by atoms with van der Waals surface area (Å²) in [5.41, 5.74) is 0. The molecule has 0 aliphatic rings. The lowest BCUT2D eigenvalue weighted by atomic mass is 10.3. The largest absolute Gasteiger partial charge is 0.497 e. The Labute approximate surface area is 89.2 Å². The van der Waals surface area contributed by atoms with E-state index in [4.69, 9.17) is 21.7 Å². The molecule has 1 rings (SSSR count). The number of benzene rings is 1. The van der Waals surface area contributed by atoms with E-state index in [0.29, 0.717) is 10.9 Å². The minimum Gasteiger partial charge on any atom is -0.497 e. The van der Waals surface area contributed by atoms with E-state index < -0.39 is 0 Å². The zero-order chi connectivity index (χ0) is 10.6. The number of methoxy groups -OCH3 is 1. The van der Waals surface area contributed by atoms with E-state index in [2.05, 4.69) is 0 Å². The monoisotopic (exact) mass is 211 g/mol. The molecular weight excluding hydrogens is 198 g/mol. The van der Waals surface area contributed by atoms with E-state index in [-0.39, 0.29) is 0 Å². The number of hydrogen-bond donors (Lipinski definition) is 0. The molecule has 0 spiro atoms. The summed E-state index contributed by atoms with van der Waals surface area (Å²) < 4.78 is 10.5. The van der Waals surface area contributed by atoms with Gasteiger partial charge in [-0.1, -0.05) is 6.07 Å². The standard InChI is InChI=1S/C10H13NO2S/c1-11(2)10(14)13-9-6-4-5-8(7-9)12-3/h4-7H,1-3H3. The van der Waals surface area contributed by atoms with Gasteiger partial charge in [0, 0.05) is 20.2 Å². The van der Waals surface area contributed by atoms with Crippen molar-refractivity contribution in [1.82, 2.24) is 4.90 Å². The molecule has 1 aromatic rings. The summed E-state index contributed by atoms with van der Waals surface area (Å²) in [6, 6.07) is 7.33. The van der Waals surface area contributed by atoms with Crippen LogP contribution >= 0.6 is 12.2 Å². The minimum atomic E-state index is 0.429. The predicted molar refractivity (Wildman–Crippen MR) is 59.9 cm³/mol. The molecule has 0 atom stereocenters. The first-order valence-electron chi connectivity index (χ1n) is 4.16. The molecule has 0 radical (unpaired) electrons. The fourth-order valence-electron chi connectivity index (χ4n) is 0.857. The van der Waals surface area contributed by atoms with Gasteiger partial charge in [-0.25, -0.2) is 0 Å². The summed E-state index contributed by atoms with van der Waals surface area (Å²) in [6.07, 6.45) is 0. The molecule has 0 unspecified atom stereocenters. The van der Waals surface area contributed by atoms with Gasteiger partial charge in [-0.2, -0.15) is 0 Å². The Kier molecular flexibility index (Phi) is 3.71. The lowest BCUT2D eigenvalue weighted by molar-refractivity contribution is 0.408. The van der Waals surface area contributed by atoms with Crippen LogP contribution < -0.4 is 9.47 Å². The lowest BCUT2D eigenvalue weighted by Crippen LogP contribution is -2.24. The smallest absolute Gasteiger partial charge is 0.264 e. The first-order chi connectivity index (χ1) is 6.63. The van der Waals surface area contributed by atoms with Gasteiger partial charge in [-0.15, -0.1) is 0 Å². The lowest BCUT2D eigenvalue weighted by Gasteiger charge is -2.14. The number of thiocarbonyl (C=S) groups is 1. The van der Waals surface area contributed by atoms with Gasteiger partial charge in [0.2, 0.25) is 0 Å². The molecule has 4 heteroatoms. The maximum atomic E-state index is 5.40. The molecule has 0 N–H and O–H groups in total. The van der Waals surface area contributed by atoms with Crippen molar-refractivity contribution in [3.05, 3.63) is 24.3 Å². The minimum absolute atomic E-state index is 0.429. The van der Waals surface area contributed by atoms with Crippen LogP contribution in [-0.2, 0) is 0 Å². The maximum absolute atomic E-state index is 5.40. The average Bonchev–Trinajstić information content (AvgIpc) is 2.18. The number of ether oxygens (including phenoxy) is 2. The molecule has 0 heterocycles. The van der Waals surface area contributed by atoms with Gasteiger partial charge >= 0.3 is 0 Å². The highest BCUT2D eigenvalue weighted by Gasteiger charge is 2.02. The highest BCUT2D eigenvalue weighted by molar-refractivity contribution is 7.80. The summed E-state index contributed by atoms with van der Waals surface area (Å²) in [6.45, 7) is 0. The van der Waals surface area contributed by atoms with Crippen molar-refractivity contribution in [2.24, 2.45) is 0 Å². The van der Waals surface area contributed by atoms with E-state index in [1.807, 2.05) is 32.3 Å². The molecule has 76 valence electrons. The number of rotatable bonds is 2. The van der Waals surface area contributed by atoms with Gasteiger partial charge in [0.05, 0.1) is 7.11 Å². The van der Waals surface area contributed by atoms with E-state index in [9.17, 15) is 0 Å². The molecule has 14 heavy (non-hydrogen) atoms. The molecule has 0 aliphatic heterocycles. The van der Waals surface area contributed by atoms with E-state index in [1.165, 1.54) is 0 Å². The van der Waals surface area contributed by atoms with Crippen LogP contribution in [0.3, 0.4) is 0 Å². The number of nitrogens with zero attached hydrogens (tertiary/aromatic N) is 1. The Morgan fingerprint density at radius 1 is 1.29 bits per heavy atom.